The summed E-state index contributed by atoms with van der Waals surface area (Å²) in [6, 6.07) is 5.97. The summed E-state index contributed by atoms with van der Waals surface area (Å²) < 4.78 is 5.63. The summed E-state index contributed by atoms with van der Waals surface area (Å²) in [7, 11) is 0. The Balaban J connectivity index is 1.99. The standard InChI is InChI=1S/C13H15N3O2S/c14-13-15-10(8-19-13)9-1-2-12-11(7-9)16(3-5-17)4-6-18-12/h1-2,7-8,17H,3-6H2,(H2,14,15). The van der Waals surface area contributed by atoms with Crippen LogP contribution < -0.4 is 15.4 Å². The van der Waals surface area contributed by atoms with E-state index in [1.807, 2.05) is 23.6 Å². The first-order valence-electron chi connectivity index (χ1n) is 6.12. The number of hydrogen-bond acceptors (Lipinski definition) is 6. The molecular weight excluding hydrogens is 262 g/mol. The summed E-state index contributed by atoms with van der Waals surface area (Å²) in [5, 5.41) is 11.6. The number of fused-ring (bicyclic) bond motifs is 1. The summed E-state index contributed by atoms with van der Waals surface area (Å²) >= 11 is 1.43. The first-order chi connectivity index (χ1) is 9.28. The first-order valence-corrected chi connectivity index (χ1v) is 7.00. The number of aromatic nitrogens is 1. The lowest BCUT2D eigenvalue weighted by Gasteiger charge is -2.31. The monoisotopic (exact) mass is 277 g/mol. The molecule has 1 aromatic heterocycles. The highest BCUT2D eigenvalue weighted by molar-refractivity contribution is 7.13. The molecule has 0 radical (unpaired) electrons. The molecule has 100 valence electrons. The third-order valence-corrected chi connectivity index (χ3v) is 3.78. The number of aliphatic hydroxyl groups is 1. The molecule has 2 aromatic rings. The van der Waals surface area contributed by atoms with Gasteiger partial charge in [0.2, 0.25) is 0 Å². The summed E-state index contributed by atoms with van der Waals surface area (Å²) in [5.74, 6) is 0.853. The highest BCUT2D eigenvalue weighted by Gasteiger charge is 2.18. The number of rotatable bonds is 3. The maximum absolute atomic E-state index is 9.12. The minimum absolute atomic E-state index is 0.132. The van der Waals surface area contributed by atoms with Crippen LogP contribution in [0.3, 0.4) is 0 Å². The van der Waals surface area contributed by atoms with Crippen LogP contribution in [0.25, 0.3) is 11.3 Å². The van der Waals surface area contributed by atoms with Gasteiger partial charge < -0.3 is 20.5 Å². The molecule has 0 saturated carbocycles. The van der Waals surface area contributed by atoms with Crippen LogP contribution in [0.15, 0.2) is 23.6 Å². The molecule has 0 spiro atoms. The molecule has 2 heterocycles. The van der Waals surface area contributed by atoms with Crippen molar-refractivity contribution in [2.75, 3.05) is 36.9 Å². The predicted octanol–water partition coefficient (Wildman–Crippen LogP) is 1.58. The highest BCUT2D eigenvalue weighted by Crippen LogP contribution is 2.35. The van der Waals surface area contributed by atoms with Gasteiger partial charge >= 0.3 is 0 Å². The Morgan fingerprint density at radius 2 is 2.37 bits per heavy atom. The average molecular weight is 277 g/mol. The van der Waals surface area contributed by atoms with E-state index in [0.717, 1.165) is 29.2 Å². The number of thiazole rings is 1. The second kappa shape index (κ2) is 5.07. The van der Waals surface area contributed by atoms with Crippen molar-refractivity contribution in [2.45, 2.75) is 0 Å². The lowest BCUT2D eigenvalue weighted by Crippen LogP contribution is -2.34. The molecule has 5 nitrogen and oxygen atoms in total. The van der Waals surface area contributed by atoms with E-state index in [-0.39, 0.29) is 6.61 Å². The number of ether oxygens (including phenoxy) is 1. The number of benzene rings is 1. The molecule has 0 amide bonds. The van der Waals surface area contributed by atoms with E-state index in [1.165, 1.54) is 11.3 Å². The van der Waals surface area contributed by atoms with Gasteiger partial charge in [0, 0.05) is 17.5 Å². The number of hydrogen-bond donors (Lipinski definition) is 2. The minimum Gasteiger partial charge on any atom is -0.490 e. The van der Waals surface area contributed by atoms with Crippen molar-refractivity contribution in [3.63, 3.8) is 0 Å². The van der Waals surface area contributed by atoms with E-state index in [9.17, 15) is 0 Å². The van der Waals surface area contributed by atoms with Gasteiger partial charge in [0.1, 0.15) is 12.4 Å². The van der Waals surface area contributed by atoms with E-state index >= 15 is 0 Å². The zero-order valence-corrected chi connectivity index (χ0v) is 11.2. The molecular formula is C13H15N3O2S. The molecule has 3 rings (SSSR count). The molecule has 1 aromatic carbocycles. The lowest BCUT2D eigenvalue weighted by atomic mass is 10.1. The molecule has 19 heavy (non-hydrogen) atoms. The van der Waals surface area contributed by atoms with Gasteiger partial charge in [-0.2, -0.15) is 0 Å². The number of anilines is 2. The zero-order chi connectivity index (χ0) is 13.2. The van der Waals surface area contributed by atoms with Crippen molar-refractivity contribution in [1.29, 1.82) is 0 Å². The van der Waals surface area contributed by atoms with E-state index in [2.05, 4.69) is 9.88 Å². The van der Waals surface area contributed by atoms with Crippen molar-refractivity contribution in [3.8, 4) is 17.0 Å². The average Bonchev–Trinajstić information content (AvgIpc) is 2.86. The molecule has 1 aliphatic heterocycles. The maximum Gasteiger partial charge on any atom is 0.180 e. The fourth-order valence-electron chi connectivity index (χ4n) is 2.21. The van der Waals surface area contributed by atoms with Crippen LogP contribution in [0.4, 0.5) is 10.8 Å². The fourth-order valence-corrected chi connectivity index (χ4v) is 2.78. The minimum atomic E-state index is 0.132. The Hall–Kier alpha value is -1.79. The summed E-state index contributed by atoms with van der Waals surface area (Å²) in [5.41, 5.74) is 8.56. The van der Waals surface area contributed by atoms with Crippen LogP contribution in [0.1, 0.15) is 0 Å². The number of β-amino-alcohol motifs (C(OH)–C–C–N with tert-alkyl or cyclic N) is 1. The SMILES string of the molecule is Nc1nc(-c2ccc3c(c2)N(CCO)CCO3)cs1. The third kappa shape index (κ3) is 2.36. The van der Waals surface area contributed by atoms with Crippen LogP contribution in [-0.4, -0.2) is 36.4 Å². The van der Waals surface area contributed by atoms with Crippen LogP contribution in [-0.2, 0) is 0 Å². The zero-order valence-electron chi connectivity index (χ0n) is 10.4. The van der Waals surface area contributed by atoms with Crippen molar-refractivity contribution in [3.05, 3.63) is 23.6 Å². The number of aliphatic hydroxyl groups excluding tert-OH is 1. The summed E-state index contributed by atoms with van der Waals surface area (Å²) in [4.78, 5) is 6.41. The van der Waals surface area contributed by atoms with Crippen LogP contribution in [0, 0.1) is 0 Å². The normalized spacial score (nSPS) is 14.1. The van der Waals surface area contributed by atoms with Crippen LogP contribution in [0.2, 0.25) is 0 Å². The second-order valence-electron chi connectivity index (χ2n) is 4.31. The molecule has 0 bridgehead atoms. The maximum atomic E-state index is 9.12. The summed E-state index contributed by atoms with van der Waals surface area (Å²) in [6.45, 7) is 2.18. The van der Waals surface area contributed by atoms with Gasteiger partial charge in [0.05, 0.1) is 24.5 Å². The van der Waals surface area contributed by atoms with Gasteiger partial charge in [-0.3, -0.25) is 0 Å². The Bertz CT molecular complexity index is 585. The highest BCUT2D eigenvalue weighted by atomic mass is 32.1. The fraction of sp³-hybridized carbons (Fsp3) is 0.308. The van der Waals surface area contributed by atoms with Gasteiger partial charge in [0.25, 0.3) is 0 Å². The Labute approximate surface area is 115 Å². The van der Waals surface area contributed by atoms with Crippen LogP contribution >= 0.6 is 11.3 Å². The molecule has 0 atom stereocenters. The number of nitrogens with two attached hydrogens (primary N) is 1. The van der Waals surface area contributed by atoms with Gasteiger partial charge in [-0.05, 0) is 18.2 Å². The van der Waals surface area contributed by atoms with Gasteiger partial charge in [-0.1, -0.05) is 0 Å². The third-order valence-electron chi connectivity index (χ3n) is 3.11. The molecule has 0 saturated heterocycles. The largest absolute Gasteiger partial charge is 0.490 e. The van der Waals surface area contributed by atoms with Gasteiger partial charge in [0.15, 0.2) is 5.13 Å². The lowest BCUT2D eigenvalue weighted by molar-refractivity contribution is 0.278. The first kappa shape index (κ1) is 12.3. The molecule has 0 fully saturated rings. The summed E-state index contributed by atoms with van der Waals surface area (Å²) in [6.07, 6.45) is 0. The molecule has 1 aliphatic rings. The van der Waals surface area contributed by atoms with E-state index in [4.69, 9.17) is 15.6 Å². The Morgan fingerprint density at radius 3 is 3.11 bits per heavy atom. The molecule has 0 unspecified atom stereocenters. The molecule has 3 N–H and O–H groups in total. The quantitative estimate of drug-likeness (QED) is 0.891. The Morgan fingerprint density at radius 1 is 1.47 bits per heavy atom. The Kier molecular flexibility index (Phi) is 3.27. The predicted molar refractivity (Wildman–Crippen MR) is 76.8 cm³/mol. The van der Waals surface area contributed by atoms with Crippen molar-refractivity contribution >= 4 is 22.2 Å². The number of nitrogens with zero attached hydrogens (tertiary/aromatic N) is 2. The van der Waals surface area contributed by atoms with Gasteiger partial charge in [-0.15, -0.1) is 11.3 Å². The van der Waals surface area contributed by atoms with Gasteiger partial charge in [-0.25, -0.2) is 4.98 Å². The molecule has 6 heteroatoms. The van der Waals surface area contributed by atoms with E-state index in [1.54, 1.807) is 0 Å². The number of nitrogen functional groups attached to an aromatic ring is 1. The second-order valence-corrected chi connectivity index (χ2v) is 5.20. The van der Waals surface area contributed by atoms with Crippen molar-refractivity contribution < 1.29 is 9.84 Å². The van der Waals surface area contributed by atoms with E-state index in [0.29, 0.717) is 18.3 Å². The van der Waals surface area contributed by atoms with Crippen molar-refractivity contribution in [2.24, 2.45) is 0 Å². The van der Waals surface area contributed by atoms with Crippen molar-refractivity contribution in [1.82, 2.24) is 4.98 Å². The topological polar surface area (TPSA) is 71.6 Å². The smallest absolute Gasteiger partial charge is 0.180 e. The van der Waals surface area contributed by atoms with E-state index < -0.39 is 0 Å². The molecule has 0 aliphatic carbocycles. The van der Waals surface area contributed by atoms with Crippen LogP contribution in [0.5, 0.6) is 5.75 Å².